The minimum absolute atomic E-state index is 0.0706. The predicted octanol–water partition coefficient (Wildman–Crippen LogP) is -4.49. The first-order valence-corrected chi connectivity index (χ1v) is 27.3. The minimum Gasteiger partial charge on any atom is -0.726 e. The summed E-state index contributed by atoms with van der Waals surface area (Å²) in [5.41, 5.74) is 0.0706. The van der Waals surface area contributed by atoms with Crippen LogP contribution in [0.25, 0.3) is 0 Å². The van der Waals surface area contributed by atoms with Gasteiger partial charge in [-0.15, -0.1) is 0 Å². The molecule has 5 rings (SSSR count). The number of carbonyl (C=O) groups is 4. The standard InChI is InChI=1S/C48H78N4O25S/c1-5-6-7-8-9-10-11-12-13-17-69-27-16-14-15-26(18-27)44(64)52-33-37(60)36(59)28(19-53)72-46(33)75-41-29(20-54)73-47(34(39(41)62)50-24(3)57)76-42-30(21-55)74-48(35(40(42)63)51-25(4)58)77-43-31(22-70-78(66,67)68)71-45(65)32(38(43)61)49-23(2)56/h14-16,18,28-43,45-48,53-55,59-63,65H,5-13,17,19-22H2,1-4H3,(H,49,56)(H,50,57)(H,51,58)(H,52,64)(H,66,67,68)/p-1/t28?,29?,30?,31?,32?,33-,34?,35-,36+,37+,38?,39?,40+,41+,42?,43+,45?,46?,47-,48-/m0/s1. The van der Waals surface area contributed by atoms with Crippen molar-refractivity contribution in [2.75, 3.05) is 33.0 Å². The fourth-order valence-corrected chi connectivity index (χ4v) is 9.94. The monoisotopic (exact) mass is 1140 g/mol. The molecule has 4 saturated heterocycles. The zero-order valence-corrected chi connectivity index (χ0v) is 44.5. The zero-order valence-electron chi connectivity index (χ0n) is 43.7. The molecule has 0 spiro atoms. The Bertz CT molecular complexity index is 2170. The van der Waals surface area contributed by atoms with Gasteiger partial charge in [-0.3, -0.25) is 23.4 Å². The predicted molar refractivity (Wildman–Crippen MR) is 262 cm³/mol. The summed E-state index contributed by atoms with van der Waals surface area (Å²) in [6, 6.07) is -0.636. The van der Waals surface area contributed by atoms with Crippen molar-refractivity contribution >= 4 is 34.0 Å². The molecule has 446 valence electrons. The highest BCUT2D eigenvalue weighted by Gasteiger charge is 2.56. The average Bonchev–Trinajstić information content (AvgIpc) is 3.47. The number of hydrogen-bond donors (Lipinski definition) is 13. The van der Waals surface area contributed by atoms with E-state index in [1.807, 2.05) is 0 Å². The number of aliphatic hydroxyl groups is 9. The van der Waals surface area contributed by atoms with Gasteiger partial charge in [0, 0.05) is 26.3 Å². The lowest BCUT2D eigenvalue weighted by atomic mass is 9.93. The number of hydrogen-bond acceptors (Lipinski definition) is 25. The van der Waals surface area contributed by atoms with Gasteiger partial charge >= 0.3 is 0 Å². The molecule has 0 aromatic heterocycles. The van der Waals surface area contributed by atoms with Crippen LogP contribution in [-0.4, -0.2) is 238 Å². The van der Waals surface area contributed by atoms with E-state index in [0.717, 1.165) is 46.5 Å². The van der Waals surface area contributed by atoms with E-state index >= 15 is 0 Å². The van der Waals surface area contributed by atoms with Crippen LogP contribution in [0.1, 0.15) is 95.8 Å². The van der Waals surface area contributed by atoms with Crippen LogP contribution in [0, 0.1) is 0 Å². The van der Waals surface area contributed by atoms with E-state index in [-0.39, 0.29) is 5.56 Å². The van der Waals surface area contributed by atoms with Gasteiger partial charge in [0.05, 0.1) is 33.0 Å². The van der Waals surface area contributed by atoms with E-state index in [1.54, 1.807) is 12.1 Å². The Labute approximate surface area is 451 Å². The summed E-state index contributed by atoms with van der Waals surface area (Å²) >= 11 is 0. The fraction of sp³-hybridized carbons (Fsp3) is 0.792. The number of aliphatic hydroxyl groups excluding tert-OH is 9. The highest BCUT2D eigenvalue weighted by molar-refractivity contribution is 7.80. The van der Waals surface area contributed by atoms with Gasteiger partial charge in [0.25, 0.3) is 5.91 Å². The number of ether oxygens (including phenoxy) is 8. The van der Waals surface area contributed by atoms with Crippen LogP contribution >= 0.6 is 0 Å². The maximum absolute atomic E-state index is 13.8. The van der Waals surface area contributed by atoms with Crippen molar-refractivity contribution in [1.29, 1.82) is 0 Å². The molecular weight excluding hydrogens is 1060 g/mol. The molecule has 4 aliphatic rings. The van der Waals surface area contributed by atoms with Crippen LogP contribution in [0.15, 0.2) is 24.3 Å². The molecule has 30 heteroatoms. The van der Waals surface area contributed by atoms with E-state index in [1.165, 1.54) is 44.2 Å². The molecule has 1 aromatic carbocycles. The van der Waals surface area contributed by atoms with Crippen LogP contribution in [-0.2, 0) is 62.1 Å². The first kappa shape index (κ1) is 64.9. The normalized spacial score (nSPS) is 35.3. The van der Waals surface area contributed by atoms with Crippen molar-refractivity contribution in [2.45, 2.75) is 208 Å². The lowest BCUT2D eigenvalue weighted by Crippen LogP contribution is -2.71. The van der Waals surface area contributed by atoms with Crippen LogP contribution in [0.2, 0.25) is 0 Å². The van der Waals surface area contributed by atoms with Gasteiger partial charge in [-0.2, -0.15) is 0 Å². The molecular formula is C48H77N4O25S-. The summed E-state index contributed by atoms with van der Waals surface area (Å²) in [6.45, 7) is 1.58. The molecule has 13 N–H and O–H groups in total. The molecule has 11 unspecified atom stereocenters. The summed E-state index contributed by atoms with van der Waals surface area (Å²) in [5.74, 6) is -2.84. The lowest BCUT2D eigenvalue weighted by molar-refractivity contribution is -0.361. The van der Waals surface area contributed by atoms with Crippen molar-refractivity contribution in [3.63, 3.8) is 0 Å². The van der Waals surface area contributed by atoms with Gasteiger partial charge < -0.3 is 110 Å². The highest BCUT2D eigenvalue weighted by Crippen LogP contribution is 2.35. The minimum atomic E-state index is -5.41. The van der Waals surface area contributed by atoms with E-state index < -0.39 is 183 Å². The van der Waals surface area contributed by atoms with Crippen LogP contribution in [0.4, 0.5) is 0 Å². The summed E-state index contributed by atoms with van der Waals surface area (Å²) in [4.78, 5) is 51.1. The molecule has 0 radical (unpaired) electrons. The SMILES string of the molecule is CCCCCCCCCCCOc1cccc(C(=O)N[C@@H]2C(O[C@@H]3C(CO)O[C@@H](OC4C(CO)O[C@@H](O[C@@H]5C(COS(=O)(=O)[O-])OC(O)C(NC(C)=O)C5O)[C@@H](NC(C)=O)[C@H]4O)C(NC(C)=O)C3O)OC(CO)[C@@H](O)[C@@H]2O)c1. The summed E-state index contributed by atoms with van der Waals surface area (Å²) < 4.78 is 85.7. The Morgan fingerprint density at radius 2 is 1.00 bits per heavy atom. The number of benzene rings is 1. The Balaban J connectivity index is 1.34. The lowest BCUT2D eigenvalue weighted by Gasteiger charge is -2.51. The number of nitrogens with one attached hydrogen (secondary N) is 4. The first-order valence-electron chi connectivity index (χ1n) is 26.0. The molecule has 0 aliphatic carbocycles. The third kappa shape index (κ3) is 18.1. The van der Waals surface area contributed by atoms with Gasteiger partial charge in [-0.25, -0.2) is 8.42 Å². The third-order valence-electron chi connectivity index (χ3n) is 13.6. The molecule has 0 bridgehead atoms. The van der Waals surface area contributed by atoms with E-state index in [2.05, 4.69) is 32.4 Å². The molecule has 29 nitrogen and oxygen atoms in total. The summed E-state index contributed by atoms with van der Waals surface area (Å²) in [7, 11) is -5.41. The van der Waals surface area contributed by atoms with Crippen molar-refractivity contribution in [3.05, 3.63) is 29.8 Å². The second-order valence-corrected chi connectivity index (χ2v) is 20.6. The van der Waals surface area contributed by atoms with Crippen LogP contribution in [0.5, 0.6) is 5.75 Å². The number of amides is 4. The Kier molecular flexibility index (Phi) is 25.7. The number of unbranched alkanes of at least 4 members (excludes halogenated alkanes) is 8. The number of rotatable bonds is 28. The summed E-state index contributed by atoms with van der Waals surface area (Å²) in [6.07, 6.45) is -19.6. The topological polar surface area (TPSA) is 439 Å². The molecule has 4 amide bonds. The molecule has 4 fully saturated rings. The maximum Gasteiger partial charge on any atom is 0.251 e. The van der Waals surface area contributed by atoms with E-state index in [9.17, 15) is 78.1 Å². The smallest absolute Gasteiger partial charge is 0.251 e. The van der Waals surface area contributed by atoms with Crippen molar-refractivity contribution in [1.82, 2.24) is 21.3 Å². The second-order valence-electron chi connectivity index (χ2n) is 19.6. The Morgan fingerprint density at radius 1 is 0.564 bits per heavy atom. The first-order chi connectivity index (χ1) is 37.0. The third-order valence-corrected chi connectivity index (χ3v) is 14.0. The molecule has 78 heavy (non-hydrogen) atoms. The molecule has 1 aromatic rings. The van der Waals surface area contributed by atoms with Gasteiger partial charge in [0.1, 0.15) is 103 Å². The molecule has 20 atom stereocenters. The second kappa shape index (κ2) is 30.8. The average molecular weight is 1140 g/mol. The molecule has 0 saturated carbocycles. The van der Waals surface area contributed by atoms with Gasteiger partial charge in [-0.05, 0) is 24.6 Å². The van der Waals surface area contributed by atoms with Crippen molar-refractivity contribution < 1.29 is 120 Å². The van der Waals surface area contributed by atoms with Crippen LogP contribution < -0.4 is 26.0 Å². The Hall–Kier alpha value is -3.87. The van der Waals surface area contributed by atoms with Crippen LogP contribution in [0.3, 0.4) is 0 Å². The van der Waals surface area contributed by atoms with Gasteiger partial charge in [0.2, 0.25) is 28.1 Å². The van der Waals surface area contributed by atoms with E-state index in [0.29, 0.717) is 12.4 Å². The largest absolute Gasteiger partial charge is 0.726 e. The fourth-order valence-electron chi connectivity index (χ4n) is 9.64. The van der Waals surface area contributed by atoms with Gasteiger partial charge in [0.15, 0.2) is 25.2 Å². The highest BCUT2D eigenvalue weighted by atomic mass is 32.3. The molecule has 4 heterocycles. The molecule has 4 aliphatic heterocycles. The quantitative estimate of drug-likeness (QED) is 0.0214. The number of carbonyl (C=O) groups excluding carboxylic acids is 4. The summed E-state index contributed by atoms with van der Waals surface area (Å²) in [5, 5.41) is 109. The van der Waals surface area contributed by atoms with Gasteiger partial charge in [-0.1, -0.05) is 64.4 Å². The Morgan fingerprint density at radius 3 is 1.47 bits per heavy atom. The van der Waals surface area contributed by atoms with Crippen molar-refractivity contribution in [2.24, 2.45) is 0 Å². The zero-order chi connectivity index (χ0) is 57.4. The maximum atomic E-state index is 13.8. The van der Waals surface area contributed by atoms with Crippen molar-refractivity contribution in [3.8, 4) is 5.75 Å². The van der Waals surface area contributed by atoms with E-state index in [4.69, 9.17) is 37.9 Å².